The number of nitrogens with two attached hydrogens (primary N) is 1. The first-order valence-corrected chi connectivity index (χ1v) is 6.78. The zero-order valence-corrected chi connectivity index (χ0v) is 11.7. The summed E-state index contributed by atoms with van der Waals surface area (Å²) in [4.78, 5) is 25.5. The first-order valence-electron chi connectivity index (χ1n) is 6.78. The molecule has 0 atom stereocenters. The molecule has 6 heteroatoms. The van der Waals surface area contributed by atoms with Crippen LogP contribution in [0.1, 0.15) is 5.56 Å². The molecule has 2 aromatic rings. The van der Waals surface area contributed by atoms with Crippen molar-refractivity contribution in [2.24, 2.45) is 0 Å². The third kappa shape index (κ3) is 2.63. The molecule has 0 unspecified atom stereocenters. The molecule has 3 N–H and O–H groups in total. The summed E-state index contributed by atoms with van der Waals surface area (Å²) in [7, 11) is 0. The van der Waals surface area contributed by atoms with E-state index in [1.165, 1.54) is 23.1 Å². The number of benzene rings is 2. The SMILES string of the molecule is Nc1cc(NC(=O)CN2C(=O)Cc3ccccc32)ccc1F. The lowest BCUT2D eigenvalue weighted by Crippen LogP contribution is -2.35. The van der Waals surface area contributed by atoms with Gasteiger partial charge in [0.25, 0.3) is 0 Å². The predicted molar refractivity (Wildman–Crippen MR) is 81.9 cm³/mol. The summed E-state index contributed by atoms with van der Waals surface area (Å²) in [6.07, 6.45) is 0.299. The molecule has 1 aliphatic rings. The van der Waals surface area contributed by atoms with Crippen LogP contribution in [0, 0.1) is 5.82 Å². The number of rotatable bonds is 3. The quantitative estimate of drug-likeness (QED) is 0.850. The fourth-order valence-electron chi connectivity index (χ4n) is 2.46. The lowest BCUT2D eigenvalue weighted by molar-refractivity contribution is -0.120. The van der Waals surface area contributed by atoms with Crippen molar-refractivity contribution < 1.29 is 14.0 Å². The fraction of sp³-hybridized carbons (Fsp3) is 0.125. The van der Waals surface area contributed by atoms with Gasteiger partial charge >= 0.3 is 0 Å². The zero-order valence-electron chi connectivity index (χ0n) is 11.7. The number of amides is 2. The van der Waals surface area contributed by atoms with Gasteiger partial charge in [-0.25, -0.2) is 4.39 Å². The molecule has 1 aliphatic heterocycles. The van der Waals surface area contributed by atoms with Crippen molar-refractivity contribution in [3.63, 3.8) is 0 Å². The van der Waals surface area contributed by atoms with Crippen LogP contribution < -0.4 is 16.0 Å². The first kappa shape index (κ1) is 14.1. The van der Waals surface area contributed by atoms with Crippen LogP contribution in [0.5, 0.6) is 0 Å². The molecule has 0 aliphatic carbocycles. The number of carbonyl (C=O) groups is 2. The summed E-state index contributed by atoms with van der Waals surface area (Å²) < 4.78 is 13.1. The number of halogens is 1. The van der Waals surface area contributed by atoms with Crippen molar-refractivity contribution in [1.82, 2.24) is 0 Å². The molecule has 0 fully saturated rings. The Hall–Kier alpha value is -2.89. The minimum Gasteiger partial charge on any atom is -0.396 e. The standard InChI is InChI=1S/C16H14FN3O2/c17-12-6-5-11(8-13(12)18)19-15(21)9-20-14-4-2-1-3-10(14)7-16(20)22/h1-6,8H,7,9,18H2,(H,19,21). The van der Waals surface area contributed by atoms with Gasteiger partial charge in [-0.3, -0.25) is 9.59 Å². The van der Waals surface area contributed by atoms with Gasteiger partial charge in [-0.1, -0.05) is 18.2 Å². The highest BCUT2D eigenvalue weighted by molar-refractivity contribution is 6.07. The summed E-state index contributed by atoms with van der Waals surface area (Å²) in [5.74, 6) is -1.02. The summed E-state index contributed by atoms with van der Waals surface area (Å²) in [5, 5.41) is 2.61. The number of anilines is 3. The van der Waals surface area contributed by atoms with Crippen molar-refractivity contribution in [3.05, 3.63) is 53.8 Å². The van der Waals surface area contributed by atoms with Crippen molar-refractivity contribution in [2.75, 3.05) is 22.5 Å². The number of para-hydroxylation sites is 1. The minimum absolute atomic E-state index is 0.0413. The minimum atomic E-state index is -0.540. The highest BCUT2D eigenvalue weighted by atomic mass is 19.1. The highest BCUT2D eigenvalue weighted by Crippen LogP contribution is 2.28. The normalized spacial score (nSPS) is 13.1. The summed E-state index contributed by atoms with van der Waals surface area (Å²) in [6, 6.07) is 11.3. The summed E-state index contributed by atoms with van der Waals surface area (Å²) >= 11 is 0. The van der Waals surface area contributed by atoms with Gasteiger partial charge in [0.2, 0.25) is 11.8 Å². The van der Waals surface area contributed by atoms with Crippen LogP contribution in [0.3, 0.4) is 0 Å². The maximum absolute atomic E-state index is 13.1. The molecule has 0 saturated carbocycles. The van der Waals surface area contributed by atoms with E-state index in [9.17, 15) is 14.0 Å². The van der Waals surface area contributed by atoms with Crippen LogP contribution in [0.4, 0.5) is 21.5 Å². The lowest BCUT2D eigenvalue weighted by Gasteiger charge is -2.17. The smallest absolute Gasteiger partial charge is 0.244 e. The van der Waals surface area contributed by atoms with E-state index < -0.39 is 5.82 Å². The maximum atomic E-state index is 13.1. The molecule has 0 spiro atoms. The molecule has 0 radical (unpaired) electrons. The molecule has 22 heavy (non-hydrogen) atoms. The van der Waals surface area contributed by atoms with Crippen molar-refractivity contribution in [2.45, 2.75) is 6.42 Å². The molecule has 2 amide bonds. The average molecular weight is 299 g/mol. The number of carbonyl (C=O) groups excluding carboxylic acids is 2. The van der Waals surface area contributed by atoms with Crippen molar-refractivity contribution in [3.8, 4) is 0 Å². The Morgan fingerprint density at radius 3 is 2.82 bits per heavy atom. The van der Waals surface area contributed by atoms with Crippen LogP contribution in [-0.2, 0) is 16.0 Å². The molecule has 3 rings (SSSR count). The molecule has 112 valence electrons. The fourth-order valence-corrected chi connectivity index (χ4v) is 2.46. The zero-order chi connectivity index (χ0) is 15.7. The van der Waals surface area contributed by atoms with Crippen molar-refractivity contribution in [1.29, 1.82) is 0 Å². The largest absolute Gasteiger partial charge is 0.396 e. The van der Waals surface area contributed by atoms with E-state index in [-0.39, 0.29) is 24.0 Å². The third-order valence-corrected chi connectivity index (χ3v) is 3.51. The Labute approximate surface area is 126 Å². The summed E-state index contributed by atoms with van der Waals surface area (Å²) in [5.41, 5.74) is 7.47. The highest BCUT2D eigenvalue weighted by Gasteiger charge is 2.28. The van der Waals surface area contributed by atoms with E-state index in [1.807, 2.05) is 24.3 Å². The molecule has 1 heterocycles. The molecule has 0 saturated heterocycles. The lowest BCUT2D eigenvalue weighted by atomic mass is 10.2. The second-order valence-electron chi connectivity index (χ2n) is 5.07. The Morgan fingerprint density at radius 2 is 2.05 bits per heavy atom. The van der Waals surface area contributed by atoms with Crippen LogP contribution in [0.2, 0.25) is 0 Å². The Bertz CT molecular complexity index is 761. The van der Waals surface area contributed by atoms with Gasteiger partial charge in [0, 0.05) is 11.4 Å². The molecular weight excluding hydrogens is 285 g/mol. The molecule has 2 aromatic carbocycles. The van der Waals surface area contributed by atoms with Gasteiger partial charge in [0.15, 0.2) is 0 Å². The number of hydrogen-bond acceptors (Lipinski definition) is 3. The number of fused-ring (bicyclic) bond motifs is 1. The van der Waals surface area contributed by atoms with Gasteiger partial charge in [-0.15, -0.1) is 0 Å². The number of nitrogens with zero attached hydrogens (tertiary/aromatic N) is 1. The maximum Gasteiger partial charge on any atom is 0.244 e. The van der Waals surface area contributed by atoms with E-state index in [1.54, 1.807) is 0 Å². The monoisotopic (exact) mass is 299 g/mol. The van der Waals surface area contributed by atoms with E-state index >= 15 is 0 Å². The molecular formula is C16H14FN3O2. The van der Waals surface area contributed by atoms with E-state index in [0.29, 0.717) is 12.1 Å². The Kier molecular flexibility index (Phi) is 3.50. The van der Waals surface area contributed by atoms with E-state index in [0.717, 1.165) is 11.3 Å². The van der Waals surface area contributed by atoms with Gasteiger partial charge in [-0.2, -0.15) is 0 Å². The topological polar surface area (TPSA) is 75.4 Å². The van der Waals surface area contributed by atoms with Crippen LogP contribution in [0.15, 0.2) is 42.5 Å². The van der Waals surface area contributed by atoms with Crippen LogP contribution in [0.25, 0.3) is 0 Å². The van der Waals surface area contributed by atoms with Gasteiger partial charge in [-0.05, 0) is 29.8 Å². The van der Waals surface area contributed by atoms with Crippen LogP contribution >= 0.6 is 0 Å². The Morgan fingerprint density at radius 1 is 1.27 bits per heavy atom. The number of nitrogens with one attached hydrogen (secondary N) is 1. The average Bonchev–Trinajstić information content (AvgIpc) is 2.79. The van der Waals surface area contributed by atoms with Gasteiger partial charge in [0.05, 0.1) is 12.1 Å². The predicted octanol–water partition coefficient (Wildman–Crippen LogP) is 1.94. The Balaban J connectivity index is 1.72. The number of hydrogen-bond donors (Lipinski definition) is 2. The van der Waals surface area contributed by atoms with Crippen LogP contribution in [-0.4, -0.2) is 18.4 Å². The van der Waals surface area contributed by atoms with E-state index in [4.69, 9.17) is 5.73 Å². The molecule has 0 bridgehead atoms. The second-order valence-corrected chi connectivity index (χ2v) is 5.07. The van der Waals surface area contributed by atoms with Crippen molar-refractivity contribution >= 4 is 28.9 Å². The van der Waals surface area contributed by atoms with E-state index in [2.05, 4.69) is 5.32 Å². The molecule has 0 aromatic heterocycles. The summed E-state index contributed by atoms with van der Waals surface area (Å²) in [6.45, 7) is -0.0902. The van der Waals surface area contributed by atoms with Gasteiger partial charge < -0.3 is 16.0 Å². The first-order chi connectivity index (χ1) is 10.5. The molecule has 5 nitrogen and oxygen atoms in total. The third-order valence-electron chi connectivity index (χ3n) is 3.51. The second kappa shape index (κ2) is 5.48. The number of nitrogen functional groups attached to an aromatic ring is 1. The van der Waals surface area contributed by atoms with Gasteiger partial charge in [0.1, 0.15) is 12.4 Å².